The molecule has 0 fully saturated rings. The zero-order valence-electron chi connectivity index (χ0n) is 14.0. The van der Waals surface area contributed by atoms with Crippen molar-refractivity contribution in [2.45, 2.75) is 25.9 Å². The maximum Gasteiger partial charge on any atom is 0.288 e. The van der Waals surface area contributed by atoms with Crippen LogP contribution < -0.4 is 15.8 Å². The van der Waals surface area contributed by atoms with Gasteiger partial charge in [-0.1, -0.05) is 24.3 Å². The largest absolute Gasteiger partial charge is 0.341 e. The third-order valence-corrected chi connectivity index (χ3v) is 3.83. The summed E-state index contributed by atoms with van der Waals surface area (Å²) in [6.45, 7) is 3.50. The molecular formula is C18H19N5O2. The Morgan fingerprint density at radius 2 is 1.92 bits per heavy atom. The zero-order valence-corrected chi connectivity index (χ0v) is 14.0. The normalized spacial score (nSPS) is 18.2. The molecule has 0 aliphatic carbocycles. The molecule has 1 aromatic heterocycles. The van der Waals surface area contributed by atoms with E-state index in [4.69, 9.17) is 0 Å². The number of anilines is 1. The number of aromatic nitrogens is 1. The van der Waals surface area contributed by atoms with Crippen molar-refractivity contribution in [1.82, 2.24) is 15.7 Å². The minimum Gasteiger partial charge on any atom is -0.341 e. The molecule has 2 N–H and O–H groups in total. The first kappa shape index (κ1) is 16.6. The van der Waals surface area contributed by atoms with E-state index in [1.807, 2.05) is 43.3 Å². The number of carbonyl (C=O) groups excluding carboxylic acids is 2. The Bertz CT molecular complexity index is 792. The van der Waals surface area contributed by atoms with E-state index in [0.717, 1.165) is 5.69 Å². The molecule has 2 amide bonds. The van der Waals surface area contributed by atoms with E-state index in [1.54, 1.807) is 25.3 Å². The molecule has 3 rings (SSSR count). The summed E-state index contributed by atoms with van der Waals surface area (Å²) in [6.07, 6.45) is 1.67. The number of hydrogen-bond donors (Lipinski definition) is 2. The molecule has 1 aliphatic heterocycles. The van der Waals surface area contributed by atoms with Crippen LogP contribution in [0, 0.1) is 0 Å². The van der Waals surface area contributed by atoms with Gasteiger partial charge in [0.1, 0.15) is 6.04 Å². The van der Waals surface area contributed by atoms with Crippen molar-refractivity contribution in [3.63, 3.8) is 0 Å². The van der Waals surface area contributed by atoms with Crippen LogP contribution in [0.5, 0.6) is 0 Å². The van der Waals surface area contributed by atoms with Gasteiger partial charge in [-0.15, -0.1) is 0 Å². The Kier molecular flexibility index (Phi) is 4.74. The first-order chi connectivity index (χ1) is 12.1. The molecule has 1 aromatic carbocycles. The van der Waals surface area contributed by atoms with E-state index in [9.17, 15) is 9.59 Å². The summed E-state index contributed by atoms with van der Waals surface area (Å²) in [5.41, 5.74) is 4.20. The topological polar surface area (TPSA) is 86.7 Å². The van der Waals surface area contributed by atoms with Crippen LogP contribution in [0.1, 0.15) is 25.6 Å². The average Bonchev–Trinajstić information content (AvgIpc) is 2.65. The first-order valence-corrected chi connectivity index (χ1v) is 8.01. The van der Waals surface area contributed by atoms with Crippen LogP contribution in [0.25, 0.3) is 0 Å². The van der Waals surface area contributed by atoms with Crippen LogP contribution in [0.4, 0.5) is 5.69 Å². The predicted molar refractivity (Wildman–Crippen MR) is 94.8 cm³/mol. The van der Waals surface area contributed by atoms with Crippen molar-refractivity contribution in [3.8, 4) is 0 Å². The van der Waals surface area contributed by atoms with Gasteiger partial charge in [-0.2, -0.15) is 0 Å². The molecule has 2 heterocycles. The van der Waals surface area contributed by atoms with Gasteiger partial charge in [0.05, 0.1) is 17.4 Å². The molecule has 0 saturated carbocycles. The predicted octanol–water partition coefficient (Wildman–Crippen LogP) is 1.60. The summed E-state index contributed by atoms with van der Waals surface area (Å²) in [4.78, 5) is 33.3. The van der Waals surface area contributed by atoms with Crippen molar-refractivity contribution in [2.24, 2.45) is 4.99 Å². The van der Waals surface area contributed by atoms with E-state index in [1.165, 1.54) is 5.01 Å². The molecule has 0 bridgehead atoms. The second-order valence-electron chi connectivity index (χ2n) is 5.72. The summed E-state index contributed by atoms with van der Waals surface area (Å²) in [6, 6.07) is 13.7. The molecule has 0 spiro atoms. The van der Waals surface area contributed by atoms with Crippen LogP contribution >= 0.6 is 0 Å². The number of nitrogens with zero attached hydrogens (tertiary/aromatic N) is 3. The highest BCUT2D eigenvalue weighted by Crippen LogP contribution is 2.16. The number of carbonyl (C=O) groups is 2. The monoisotopic (exact) mass is 337 g/mol. The number of amidine groups is 1. The van der Waals surface area contributed by atoms with Gasteiger partial charge in [-0.05, 0) is 38.1 Å². The molecule has 1 aliphatic rings. The molecule has 25 heavy (non-hydrogen) atoms. The van der Waals surface area contributed by atoms with E-state index in [0.29, 0.717) is 5.69 Å². The molecule has 7 heteroatoms. The summed E-state index contributed by atoms with van der Waals surface area (Å²) in [7, 11) is 0. The van der Waals surface area contributed by atoms with E-state index in [2.05, 4.69) is 20.7 Å². The van der Waals surface area contributed by atoms with E-state index in [-0.39, 0.29) is 17.8 Å². The Balaban J connectivity index is 1.76. The smallest absolute Gasteiger partial charge is 0.288 e. The van der Waals surface area contributed by atoms with Gasteiger partial charge in [0.25, 0.3) is 11.8 Å². The molecule has 2 atom stereocenters. The number of nitrogens with one attached hydrogen (secondary N) is 2. The van der Waals surface area contributed by atoms with Crippen LogP contribution in [-0.4, -0.2) is 28.7 Å². The molecule has 2 aromatic rings. The number of para-hydroxylation sites is 1. The number of rotatable bonds is 4. The lowest BCUT2D eigenvalue weighted by atomic mass is 10.2. The highest BCUT2D eigenvalue weighted by Gasteiger charge is 2.31. The summed E-state index contributed by atoms with van der Waals surface area (Å²) >= 11 is 0. The van der Waals surface area contributed by atoms with Crippen molar-refractivity contribution in [1.29, 1.82) is 0 Å². The number of amides is 2. The van der Waals surface area contributed by atoms with Crippen molar-refractivity contribution in [3.05, 3.63) is 60.4 Å². The van der Waals surface area contributed by atoms with Gasteiger partial charge in [-0.3, -0.25) is 20.0 Å². The van der Waals surface area contributed by atoms with Gasteiger partial charge >= 0.3 is 0 Å². The molecular weight excluding hydrogens is 318 g/mol. The lowest BCUT2D eigenvalue weighted by molar-refractivity contribution is -0.120. The zero-order chi connectivity index (χ0) is 17.8. The molecule has 0 radical (unpaired) electrons. The fourth-order valence-corrected chi connectivity index (χ4v) is 2.47. The third-order valence-electron chi connectivity index (χ3n) is 3.83. The van der Waals surface area contributed by atoms with Gasteiger partial charge in [-0.25, -0.2) is 10.0 Å². The minimum absolute atomic E-state index is 0.0961. The highest BCUT2D eigenvalue weighted by molar-refractivity contribution is 6.39. The van der Waals surface area contributed by atoms with Crippen LogP contribution in [0.2, 0.25) is 0 Å². The Morgan fingerprint density at radius 1 is 1.20 bits per heavy atom. The van der Waals surface area contributed by atoms with Gasteiger partial charge in [0, 0.05) is 6.20 Å². The van der Waals surface area contributed by atoms with Gasteiger partial charge in [0.2, 0.25) is 5.84 Å². The first-order valence-electron chi connectivity index (χ1n) is 8.01. The molecule has 128 valence electrons. The molecule has 0 saturated heterocycles. The van der Waals surface area contributed by atoms with Crippen molar-refractivity contribution >= 4 is 23.3 Å². The summed E-state index contributed by atoms with van der Waals surface area (Å²) in [5, 5.41) is 4.19. The number of hydrogen-bond acceptors (Lipinski definition) is 5. The maximum atomic E-state index is 12.5. The Morgan fingerprint density at radius 3 is 2.60 bits per heavy atom. The van der Waals surface area contributed by atoms with E-state index < -0.39 is 11.9 Å². The van der Waals surface area contributed by atoms with Crippen LogP contribution in [-0.2, 0) is 9.59 Å². The second kappa shape index (κ2) is 7.12. The number of hydrazine groups is 1. The maximum absolute atomic E-state index is 12.5. The fraction of sp³-hybridized carbons (Fsp3) is 0.222. The standard InChI is InChI=1S/C18H19N5O2/c1-12(15-10-6-7-11-19-15)21-17(24)16-20-13(2)18(25)23(22-16)14-8-4-3-5-9-14/h3-13H,1-2H3,(H,20,22)(H,21,24)/t12-,13-/m0/s1. The minimum atomic E-state index is -0.646. The number of aliphatic imine (C=N–C) groups is 1. The molecule has 0 unspecified atom stereocenters. The lowest BCUT2D eigenvalue weighted by Gasteiger charge is -2.30. The van der Waals surface area contributed by atoms with Gasteiger partial charge < -0.3 is 5.32 Å². The Labute approximate surface area is 145 Å². The lowest BCUT2D eigenvalue weighted by Crippen LogP contribution is -2.58. The fourth-order valence-electron chi connectivity index (χ4n) is 2.47. The van der Waals surface area contributed by atoms with Crippen molar-refractivity contribution in [2.75, 3.05) is 5.01 Å². The number of benzene rings is 1. The second-order valence-corrected chi connectivity index (χ2v) is 5.72. The Hall–Kier alpha value is -3.22. The summed E-state index contributed by atoms with van der Waals surface area (Å²) in [5.74, 6) is -0.516. The van der Waals surface area contributed by atoms with E-state index >= 15 is 0 Å². The van der Waals surface area contributed by atoms with Crippen molar-refractivity contribution < 1.29 is 9.59 Å². The quantitative estimate of drug-likeness (QED) is 0.887. The van der Waals surface area contributed by atoms with Crippen LogP contribution in [0.3, 0.4) is 0 Å². The molecule has 7 nitrogen and oxygen atoms in total. The highest BCUT2D eigenvalue weighted by atomic mass is 16.2. The number of pyridine rings is 1. The van der Waals surface area contributed by atoms with Gasteiger partial charge in [0.15, 0.2) is 0 Å². The SMILES string of the molecule is C[C@@H]1N=C(C(=O)N[C@@H](C)c2ccccn2)NN(c2ccccc2)C1=O. The van der Waals surface area contributed by atoms with Crippen LogP contribution in [0.15, 0.2) is 59.7 Å². The third kappa shape index (κ3) is 3.65. The average molecular weight is 337 g/mol. The summed E-state index contributed by atoms with van der Waals surface area (Å²) < 4.78 is 0.